The Morgan fingerprint density at radius 2 is 0.781 bits per heavy atom. The number of hydrogen-bond donors (Lipinski definition) is 8. The van der Waals surface area contributed by atoms with Crippen LogP contribution in [0, 0.1) is 0 Å². The van der Waals surface area contributed by atoms with Gasteiger partial charge in [0.2, 0.25) is 0 Å². The molecule has 0 aromatic heterocycles. The molecule has 0 unspecified atom stereocenters. The Balaban J connectivity index is 3.55. The summed E-state index contributed by atoms with van der Waals surface area (Å²) in [4.78, 5) is 27.2. The predicted molar refractivity (Wildman–Crippen MR) is 122 cm³/mol. The van der Waals surface area contributed by atoms with Gasteiger partial charge in [0.15, 0.2) is 0 Å². The topological polar surface area (TPSA) is 170 Å². The van der Waals surface area contributed by atoms with E-state index in [4.69, 9.17) is 20.4 Å². The van der Waals surface area contributed by atoms with E-state index in [9.17, 15) is 9.59 Å². The lowest BCUT2D eigenvalue weighted by molar-refractivity contribution is 0.161. The van der Waals surface area contributed by atoms with Gasteiger partial charge in [-0.15, -0.1) is 0 Å². The zero-order chi connectivity index (χ0) is 23.9. The largest absolute Gasteiger partial charge is 0.395 e. The molecule has 12 nitrogen and oxygen atoms in total. The summed E-state index contributed by atoms with van der Waals surface area (Å²) >= 11 is 0. The van der Waals surface area contributed by atoms with Crippen LogP contribution in [0.25, 0.3) is 0 Å². The van der Waals surface area contributed by atoms with E-state index in [1.807, 2.05) is 9.80 Å². The van der Waals surface area contributed by atoms with Crippen molar-refractivity contribution in [1.29, 1.82) is 0 Å². The summed E-state index contributed by atoms with van der Waals surface area (Å²) in [6.45, 7) is 5.11. The van der Waals surface area contributed by atoms with Crippen molar-refractivity contribution >= 4 is 12.1 Å². The molecule has 0 fully saturated rings. The SMILES string of the molecule is O=C(NCCCCCCNC(=O)NCCN(CCO)CCO)NCCN(CCO)CCO. The Bertz CT molecular complexity index is 408. The van der Waals surface area contributed by atoms with Crippen LogP contribution in [0.1, 0.15) is 25.7 Å². The summed E-state index contributed by atoms with van der Waals surface area (Å²) in [6, 6.07) is -0.458. The molecule has 8 N–H and O–H groups in total. The number of unbranched alkanes of at least 4 members (excludes halogenated alkanes) is 3. The van der Waals surface area contributed by atoms with Crippen LogP contribution in [0.2, 0.25) is 0 Å². The first-order valence-electron chi connectivity index (χ1n) is 11.5. The monoisotopic (exact) mass is 464 g/mol. The third kappa shape index (κ3) is 19.0. The summed E-state index contributed by atoms with van der Waals surface area (Å²) in [5, 5.41) is 46.9. The average molecular weight is 465 g/mol. The second kappa shape index (κ2) is 22.5. The number of nitrogens with zero attached hydrogens (tertiary/aromatic N) is 2. The van der Waals surface area contributed by atoms with E-state index in [0.717, 1.165) is 25.7 Å². The number of rotatable bonds is 21. The number of amides is 4. The summed E-state index contributed by atoms with van der Waals surface area (Å²) in [5.74, 6) is 0. The quantitative estimate of drug-likeness (QED) is 0.0878. The van der Waals surface area contributed by atoms with Crippen molar-refractivity contribution in [2.75, 3.05) is 91.9 Å². The fourth-order valence-corrected chi connectivity index (χ4v) is 3.02. The van der Waals surface area contributed by atoms with E-state index in [2.05, 4.69) is 21.3 Å². The standard InChI is InChI=1S/C20H44N6O6/c27-15-11-25(12-16-28)9-7-23-19(31)21-5-3-1-2-4-6-22-20(32)24-8-10-26(13-17-29)14-18-30/h27-30H,1-18H2,(H2,21,23,31)(H2,22,24,32). The zero-order valence-electron chi connectivity index (χ0n) is 19.2. The summed E-state index contributed by atoms with van der Waals surface area (Å²) in [7, 11) is 0. The van der Waals surface area contributed by atoms with Gasteiger partial charge in [-0.05, 0) is 12.8 Å². The highest BCUT2D eigenvalue weighted by molar-refractivity contribution is 5.74. The normalized spacial score (nSPS) is 11.1. The van der Waals surface area contributed by atoms with E-state index in [1.54, 1.807) is 0 Å². The molecule has 0 bridgehead atoms. The minimum Gasteiger partial charge on any atom is -0.395 e. The Morgan fingerprint density at radius 1 is 0.469 bits per heavy atom. The van der Waals surface area contributed by atoms with Crippen molar-refractivity contribution in [2.45, 2.75) is 25.7 Å². The average Bonchev–Trinajstić information content (AvgIpc) is 2.76. The molecule has 32 heavy (non-hydrogen) atoms. The number of hydrogen-bond acceptors (Lipinski definition) is 8. The number of urea groups is 2. The molecule has 0 aromatic rings. The predicted octanol–water partition coefficient (Wildman–Crippen LogP) is -2.28. The zero-order valence-corrected chi connectivity index (χ0v) is 19.2. The second-order valence-corrected chi connectivity index (χ2v) is 7.36. The van der Waals surface area contributed by atoms with Gasteiger partial charge in [-0.1, -0.05) is 12.8 Å². The molecule has 0 aliphatic heterocycles. The molecule has 0 heterocycles. The van der Waals surface area contributed by atoms with E-state index < -0.39 is 0 Å². The first kappa shape index (κ1) is 30.3. The van der Waals surface area contributed by atoms with Crippen LogP contribution in [0.5, 0.6) is 0 Å². The maximum absolute atomic E-state index is 11.7. The van der Waals surface area contributed by atoms with Crippen LogP contribution in [-0.2, 0) is 0 Å². The molecule has 0 aliphatic rings. The van der Waals surface area contributed by atoms with Crippen LogP contribution in [0.15, 0.2) is 0 Å². The van der Waals surface area contributed by atoms with Gasteiger partial charge in [-0.2, -0.15) is 0 Å². The lowest BCUT2D eigenvalue weighted by atomic mass is 10.2. The minimum absolute atomic E-state index is 0.0159. The van der Waals surface area contributed by atoms with Gasteiger partial charge >= 0.3 is 12.1 Å². The molecule has 0 spiro atoms. The van der Waals surface area contributed by atoms with Crippen molar-refractivity contribution in [3.63, 3.8) is 0 Å². The van der Waals surface area contributed by atoms with E-state index in [0.29, 0.717) is 65.4 Å². The van der Waals surface area contributed by atoms with Crippen molar-refractivity contribution in [3.8, 4) is 0 Å². The first-order valence-corrected chi connectivity index (χ1v) is 11.5. The van der Waals surface area contributed by atoms with Crippen molar-refractivity contribution in [3.05, 3.63) is 0 Å². The third-order valence-electron chi connectivity index (χ3n) is 4.77. The number of carbonyl (C=O) groups is 2. The smallest absolute Gasteiger partial charge is 0.314 e. The van der Waals surface area contributed by atoms with E-state index >= 15 is 0 Å². The molecular formula is C20H44N6O6. The molecular weight excluding hydrogens is 420 g/mol. The van der Waals surface area contributed by atoms with Gasteiger partial charge in [0, 0.05) is 65.4 Å². The van der Waals surface area contributed by atoms with E-state index in [-0.39, 0.29) is 38.5 Å². The van der Waals surface area contributed by atoms with Crippen LogP contribution in [0.4, 0.5) is 9.59 Å². The Labute approximate surface area is 191 Å². The maximum atomic E-state index is 11.7. The van der Waals surface area contributed by atoms with Crippen molar-refractivity contribution < 1.29 is 30.0 Å². The Hall–Kier alpha value is -1.70. The first-order chi connectivity index (χ1) is 15.6. The molecule has 0 aliphatic carbocycles. The van der Waals surface area contributed by atoms with Crippen LogP contribution >= 0.6 is 0 Å². The van der Waals surface area contributed by atoms with Crippen LogP contribution in [-0.4, -0.2) is 134 Å². The van der Waals surface area contributed by atoms with Gasteiger partial charge < -0.3 is 41.7 Å². The fraction of sp³-hybridized carbons (Fsp3) is 0.900. The lowest BCUT2D eigenvalue weighted by Gasteiger charge is -2.20. The molecule has 0 aromatic carbocycles. The third-order valence-corrected chi connectivity index (χ3v) is 4.77. The highest BCUT2D eigenvalue weighted by Gasteiger charge is 2.06. The summed E-state index contributed by atoms with van der Waals surface area (Å²) in [5.41, 5.74) is 0. The fourth-order valence-electron chi connectivity index (χ4n) is 3.02. The van der Waals surface area contributed by atoms with Crippen LogP contribution < -0.4 is 21.3 Å². The number of carbonyl (C=O) groups excluding carboxylic acids is 2. The van der Waals surface area contributed by atoms with Gasteiger partial charge in [0.25, 0.3) is 0 Å². The van der Waals surface area contributed by atoms with Gasteiger partial charge in [0.1, 0.15) is 0 Å². The number of aliphatic hydroxyl groups is 4. The highest BCUT2D eigenvalue weighted by Crippen LogP contribution is 1.97. The summed E-state index contributed by atoms with van der Waals surface area (Å²) < 4.78 is 0. The van der Waals surface area contributed by atoms with Gasteiger partial charge in [-0.3, -0.25) is 9.80 Å². The highest BCUT2D eigenvalue weighted by atomic mass is 16.3. The Kier molecular flexibility index (Phi) is 21.3. The van der Waals surface area contributed by atoms with Gasteiger partial charge in [-0.25, -0.2) is 9.59 Å². The summed E-state index contributed by atoms with van der Waals surface area (Å²) in [6.07, 6.45) is 3.60. The van der Waals surface area contributed by atoms with Crippen molar-refractivity contribution in [1.82, 2.24) is 31.1 Å². The molecule has 0 saturated carbocycles. The molecule has 12 heteroatoms. The molecule has 0 rings (SSSR count). The van der Waals surface area contributed by atoms with Gasteiger partial charge in [0.05, 0.1) is 26.4 Å². The molecule has 0 saturated heterocycles. The Morgan fingerprint density at radius 3 is 1.09 bits per heavy atom. The number of aliphatic hydroxyl groups excluding tert-OH is 4. The molecule has 0 atom stereocenters. The molecule has 190 valence electrons. The second-order valence-electron chi connectivity index (χ2n) is 7.36. The van der Waals surface area contributed by atoms with Crippen molar-refractivity contribution in [2.24, 2.45) is 0 Å². The van der Waals surface area contributed by atoms with E-state index in [1.165, 1.54) is 0 Å². The maximum Gasteiger partial charge on any atom is 0.314 e. The lowest BCUT2D eigenvalue weighted by Crippen LogP contribution is -2.42. The molecule has 4 amide bonds. The minimum atomic E-state index is -0.229. The number of nitrogens with one attached hydrogen (secondary N) is 4. The molecule has 0 radical (unpaired) electrons. The van der Waals surface area contributed by atoms with Crippen LogP contribution in [0.3, 0.4) is 0 Å².